The molecule has 2 amide bonds. The fourth-order valence-electron chi connectivity index (χ4n) is 4.85. The van der Waals surface area contributed by atoms with Crippen molar-refractivity contribution >= 4 is 34.6 Å². The first kappa shape index (κ1) is 27.1. The number of benzene rings is 2. The summed E-state index contributed by atoms with van der Waals surface area (Å²) in [5, 5.41) is 12.7. The number of amides is 2. The fourth-order valence-corrected chi connectivity index (χ4v) is 4.85. The molecular formula is C31H29N7O3. The van der Waals surface area contributed by atoms with Crippen molar-refractivity contribution in [1.29, 1.82) is 0 Å². The molecule has 5 rings (SSSR count). The van der Waals surface area contributed by atoms with E-state index in [-0.39, 0.29) is 23.2 Å². The maximum atomic E-state index is 14.1. The number of hydrazone groups is 1. The number of fused-ring (bicyclic) bond motifs is 2. The minimum Gasteiger partial charge on any atom is -0.385 e. The molecule has 0 spiro atoms. The van der Waals surface area contributed by atoms with E-state index >= 15 is 0 Å². The Morgan fingerprint density at radius 3 is 2.78 bits per heavy atom. The van der Waals surface area contributed by atoms with Crippen molar-refractivity contribution in [3.05, 3.63) is 101 Å². The van der Waals surface area contributed by atoms with Gasteiger partial charge in [-0.3, -0.25) is 19.0 Å². The number of nitrogens with zero attached hydrogens (tertiary/aromatic N) is 4. The monoisotopic (exact) mass is 547 g/mol. The number of pyridine rings is 1. The Morgan fingerprint density at radius 2 is 2.00 bits per heavy atom. The van der Waals surface area contributed by atoms with Crippen LogP contribution in [0.3, 0.4) is 0 Å². The number of hydrogen-bond acceptors (Lipinski definition) is 7. The van der Waals surface area contributed by atoms with Crippen LogP contribution >= 0.6 is 0 Å². The van der Waals surface area contributed by atoms with E-state index in [4.69, 9.17) is 5.73 Å². The van der Waals surface area contributed by atoms with Gasteiger partial charge in [0.25, 0.3) is 11.5 Å². The van der Waals surface area contributed by atoms with E-state index in [1.165, 1.54) is 6.08 Å². The number of hydrogen-bond donors (Lipinski definition) is 3. The second-order valence-electron chi connectivity index (χ2n) is 9.49. The lowest BCUT2D eigenvalue weighted by atomic mass is 10.0. The van der Waals surface area contributed by atoms with Gasteiger partial charge >= 0.3 is 0 Å². The highest BCUT2D eigenvalue weighted by atomic mass is 16.2. The quantitative estimate of drug-likeness (QED) is 0.237. The fraction of sp³-hybridized carbons (Fsp3) is 0.194. The van der Waals surface area contributed by atoms with E-state index in [0.717, 1.165) is 0 Å². The van der Waals surface area contributed by atoms with Gasteiger partial charge in [-0.05, 0) is 54.8 Å². The van der Waals surface area contributed by atoms with Crippen LogP contribution in [-0.2, 0) is 9.59 Å². The largest absolute Gasteiger partial charge is 0.385 e. The van der Waals surface area contributed by atoms with Crippen molar-refractivity contribution in [3.8, 4) is 17.5 Å². The zero-order valence-corrected chi connectivity index (χ0v) is 22.4. The third-order valence-electron chi connectivity index (χ3n) is 6.76. The van der Waals surface area contributed by atoms with Crippen LogP contribution in [-0.4, -0.2) is 52.2 Å². The Hall–Kier alpha value is -5.43. The molecule has 0 saturated carbocycles. The SMILES string of the molecule is C=CC(=O)NCCC#Cc1cccc2cc(C(C)NC(=O)C3C(N)=NC4C=CC=NN43)n(-c3ccccc3)c(=O)c12. The van der Waals surface area contributed by atoms with E-state index in [1.807, 2.05) is 61.5 Å². The molecule has 2 aromatic carbocycles. The molecular weight excluding hydrogens is 518 g/mol. The Bertz CT molecular complexity index is 1730. The van der Waals surface area contributed by atoms with Gasteiger partial charge in [0.15, 0.2) is 12.2 Å². The van der Waals surface area contributed by atoms with Gasteiger partial charge in [-0.15, -0.1) is 0 Å². The van der Waals surface area contributed by atoms with Gasteiger partial charge in [0.2, 0.25) is 5.91 Å². The zero-order chi connectivity index (χ0) is 28.9. The molecule has 1 aromatic heterocycles. The van der Waals surface area contributed by atoms with Gasteiger partial charge < -0.3 is 16.4 Å². The molecule has 0 saturated heterocycles. The van der Waals surface area contributed by atoms with Crippen LogP contribution in [0.2, 0.25) is 0 Å². The lowest BCUT2D eigenvalue weighted by Gasteiger charge is -2.27. The van der Waals surface area contributed by atoms with Crippen LogP contribution < -0.4 is 21.9 Å². The van der Waals surface area contributed by atoms with E-state index in [2.05, 4.69) is 39.1 Å². The maximum absolute atomic E-state index is 14.1. The molecule has 3 heterocycles. The number of allylic oxidation sites excluding steroid dienone is 1. The zero-order valence-electron chi connectivity index (χ0n) is 22.4. The summed E-state index contributed by atoms with van der Waals surface area (Å²) in [6, 6.07) is 15.2. The van der Waals surface area contributed by atoms with Gasteiger partial charge in [-0.25, -0.2) is 10.0 Å². The van der Waals surface area contributed by atoms with Crippen LogP contribution in [0.25, 0.3) is 16.5 Å². The number of rotatable bonds is 7. The molecule has 3 atom stereocenters. The molecule has 2 aliphatic rings. The summed E-state index contributed by atoms with van der Waals surface area (Å²) in [4.78, 5) is 43.3. The molecule has 206 valence electrons. The Labute approximate surface area is 236 Å². The van der Waals surface area contributed by atoms with Gasteiger partial charge in [0.1, 0.15) is 5.84 Å². The van der Waals surface area contributed by atoms with Crippen molar-refractivity contribution < 1.29 is 9.59 Å². The summed E-state index contributed by atoms with van der Waals surface area (Å²) in [6.07, 6.45) is 6.35. The Kier molecular flexibility index (Phi) is 7.78. The maximum Gasteiger partial charge on any atom is 0.264 e. The molecule has 4 N–H and O–H groups in total. The molecule has 0 fully saturated rings. The number of aliphatic imine (C=N–C) groups is 1. The minimum absolute atomic E-state index is 0.176. The average Bonchev–Trinajstić information content (AvgIpc) is 3.32. The van der Waals surface area contributed by atoms with Gasteiger partial charge in [0.05, 0.1) is 11.4 Å². The van der Waals surface area contributed by atoms with Gasteiger partial charge in [0, 0.05) is 36.1 Å². The number of nitrogens with one attached hydrogen (secondary N) is 2. The van der Waals surface area contributed by atoms with Crippen molar-refractivity contribution in [2.75, 3.05) is 6.54 Å². The number of carbonyl (C=O) groups is 2. The van der Waals surface area contributed by atoms with Crippen molar-refractivity contribution in [1.82, 2.24) is 20.2 Å². The molecule has 0 radical (unpaired) electrons. The summed E-state index contributed by atoms with van der Waals surface area (Å²) in [7, 11) is 0. The molecule has 0 aliphatic carbocycles. The first-order valence-corrected chi connectivity index (χ1v) is 13.1. The summed E-state index contributed by atoms with van der Waals surface area (Å²) < 4.78 is 1.60. The summed E-state index contributed by atoms with van der Waals surface area (Å²) >= 11 is 0. The van der Waals surface area contributed by atoms with Crippen LogP contribution in [0.5, 0.6) is 0 Å². The number of nitrogens with two attached hydrogens (primary N) is 1. The highest BCUT2D eigenvalue weighted by Crippen LogP contribution is 2.25. The number of carbonyl (C=O) groups excluding carboxylic acids is 2. The molecule has 3 unspecified atom stereocenters. The van der Waals surface area contributed by atoms with Crippen molar-refractivity contribution in [3.63, 3.8) is 0 Å². The lowest BCUT2D eigenvalue weighted by Crippen LogP contribution is -2.51. The smallest absolute Gasteiger partial charge is 0.264 e. The first-order chi connectivity index (χ1) is 19.9. The molecule has 2 aliphatic heterocycles. The third-order valence-corrected chi connectivity index (χ3v) is 6.76. The number of amidine groups is 1. The number of aromatic nitrogens is 1. The summed E-state index contributed by atoms with van der Waals surface area (Å²) in [5.74, 6) is 5.66. The van der Waals surface area contributed by atoms with E-state index in [0.29, 0.717) is 40.7 Å². The van der Waals surface area contributed by atoms with E-state index < -0.39 is 18.2 Å². The Morgan fingerprint density at radius 1 is 1.20 bits per heavy atom. The molecule has 10 nitrogen and oxygen atoms in total. The summed E-state index contributed by atoms with van der Waals surface area (Å²) in [5.41, 5.74) is 7.67. The highest BCUT2D eigenvalue weighted by Gasteiger charge is 2.39. The van der Waals surface area contributed by atoms with Crippen molar-refractivity contribution in [2.24, 2.45) is 15.8 Å². The second-order valence-corrected chi connectivity index (χ2v) is 9.49. The predicted molar refractivity (Wildman–Crippen MR) is 159 cm³/mol. The van der Waals surface area contributed by atoms with Crippen LogP contribution in [0.4, 0.5) is 0 Å². The van der Waals surface area contributed by atoms with Crippen LogP contribution in [0.1, 0.15) is 30.6 Å². The number of para-hydroxylation sites is 1. The lowest BCUT2D eigenvalue weighted by molar-refractivity contribution is -0.125. The average molecular weight is 548 g/mol. The molecule has 0 bridgehead atoms. The Balaban J connectivity index is 1.51. The normalized spacial score (nSPS) is 17.7. The summed E-state index contributed by atoms with van der Waals surface area (Å²) in [6.45, 7) is 5.62. The van der Waals surface area contributed by atoms with Gasteiger partial charge in [-0.2, -0.15) is 5.10 Å². The standard InChI is InChI=1S/C31H29N7O3/c1-3-26(39)33-17-8-7-11-21-12-9-13-22-19-24(37(31(41)27(21)22)23-14-5-4-6-15-23)20(2)35-30(40)28-29(32)36-25-16-10-18-34-38(25)28/h3-6,9-10,12-16,18-20,25,28H,1,8,17H2,2H3,(H2,32,36)(H,33,39)(H,35,40). The predicted octanol–water partition coefficient (Wildman–Crippen LogP) is 2.13. The highest BCUT2D eigenvalue weighted by molar-refractivity contribution is 6.08. The van der Waals surface area contributed by atoms with Crippen LogP contribution in [0.15, 0.2) is 94.3 Å². The topological polar surface area (TPSA) is 134 Å². The van der Waals surface area contributed by atoms with E-state index in [1.54, 1.807) is 27.9 Å². The first-order valence-electron chi connectivity index (χ1n) is 13.1. The molecule has 10 heteroatoms. The second kappa shape index (κ2) is 11.8. The van der Waals surface area contributed by atoms with Crippen molar-refractivity contribution in [2.45, 2.75) is 31.6 Å². The molecule has 3 aromatic rings. The molecule has 41 heavy (non-hydrogen) atoms. The third kappa shape index (κ3) is 5.51. The van der Waals surface area contributed by atoms with Gasteiger partial charge in [-0.1, -0.05) is 48.8 Å². The van der Waals surface area contributed by atoms with Crippen LogP contribution in [0, 0.1) is 11.8 Å². The van der Waals surface area contributed by atoms with E-state index in [9.17, 15) is 14.4 Å². The minimum atomic E-state index is -0.862.